The number of benzene rings is 2. The van der Waals surface area contributed by atoms with Crippen LogP contribution >= 0.6 is 0 Å². The van der Waals surface area contributed by atoms with Gasteiger partial charge >= 0.3 is 6.03 Å². The summed E-state index contributed by atoms with van der Waals surface area (Å²) >= 11 is 0. The summed E-state index contributed by atoms with van der Waals surface area (Å²) < 4.78 is 11.0. The van der Waals surface area contributed by atoms with Crippen LogP contribution in [0.1, 0.15) is 18.9 Å². The van der Waals surface area contributed by atoms with Crippen molar-refractivity contribution in [3.8, 4) is 11.5 Å². The first-order valence-corrected chi connectivity index (χ1v) is 9.21. The zero-order valence-electron chi connectivity index (χ0n) is 16.3. The largest absolute Gasteiger partial charge is 0.493 e. The number of carbonyl (C=O) groups is 1. The zero-order valence-corrected chi connectivity index (χ0v) is 16.3. The second-order valence-corrected chi connectivity index (χ2v) is 6.20. The molecule has 0 saturated carbocycles. The molecule has 0 aliphatic carbocycles. The molecule has 0 heterocycles. The Balaban J connectivity index is 1.75. The zero-order chi connectivity index (χ0) is 19.5. The van der Waals surface area contributed by atoms with E-state index in [1.165, 1.54) is 0 Å². The molecule has 0 aliphatic heterocycles. The minimum atomic E-state index is -0.193. The van der Waals surface area contributed by atoms with Gasteiger partial charge in [-0.05, 0) is 36.2 Å². The molecule has 2 aromatic carbocycles. The Bertz CT molecular complexity index is 707. The van der Waals surface area contributed by atoms with Gasteiger partial charge in [0.25, 0.3) is 0 Å². The van der Waals surface area contributed by atoms with Crippen LogP contribution in [0, 0.1) is 0 Å². The molecule has 146 valence electrons. The van der Waals surface area contributed by atoms with E-state index in [0.29, 0.717) is 25.4 Å². The third-order valence-electron chi connectivity index (χ3n) is 4.07. The Hall–Kier alpha value is -2.89. The fourth-order valence-corrected chi connectivity index (χ4v) is 2.55. The third-order valence-corrected chi connectivity index (χ3v) is 4.07. The number of methoxy groups -OCH3 is 1. The van der Waals surface area contributed by atoms with Crippen LogP contribution in [0.15, 0.2) is 48.5 Å². The van der Waals surface area contributed by atoms with Crippen LogP contribution in [0.3, 0.4) is 0 Å². The standard InChI is InChI=1S/C21H29N3O3/c1-4-14-27-19-11-10-17(15-20(19)26-3)16-23-21(25)22-12-13-24(2)18-8-6-5-7-9-18/h5-11,15H,4,12-14,16H2,1-3H3,(H2,22,23,25). The molecule has 0 spiro atoms. The number of carbonyl (C=O) groups excluding carboxylic acids is 1. The van der Waals surface area contributed by atoms with E-state index in [0.717, 1.165) is 30.0 Å². The molecule has 27 heavy (non-hydrogen) atoms. The van der Waals surface area contributed by atoms with Gasteiger partial charge in [0, 0.05) is 32.4 Å². The van der Waals surface area contributed by atoms with Crippen LogP contribution in [0.2, 0.25) is 0 Å². The molecule has 2 rings (SSSR count). The lowest BCUT2D eigenvalue weighted by molar-refractivity contribution is 0.240. The number of rotatable bonds is 10. The maximum absolute atomic E-state index is 12.0. The number of nitrogens with zero attached hydrogens (tertiary/aromatic N) is 1. The lowest BCUT2D eigenvalue weighted by Gasteiger charge is -2.19. The lowest BCUT2D eigenvalue weighted by Crippen LogP contribution is -2.39. The van der Waals surface area contributed by atoms with Gasteiger partial charge < -0.3 is 25.0 Å². The minimum absolute atomic E-state index is 0.193. The van der Waals surface area contributed by atoms with E-state index in [4.69, 9.17) is 9.47 Å². The minimum Gasteiger partial charge on any atom is -0.493 e. The predicted octanol–water partition coefficient (Wildman–Crippen LogP) is 3.42. The Kier molecular flexibility index (Phi) is 8.29. The Morgan fingerprint density at radius 3 is 2.56 bits per heavy atom. The van der Waals surface area contributed by atoms with E-state index in [9.17, 15) is 4.79 Å². The van der Waals surface area contributed by atoms with E-state index in [2.05, 4.69) is 22.5 Å². The summed E-state index contributed by atoms with van der Waals surface area (Å²) in [7, 11) is 3.62. The van der Waals surface area contributed by atoms with Crippen LogP contribution < -0.4 is 25.0 Å². The third kappa shape index (κ3) is 6.73. The van der Waals surface area contributed by atoms with Gasteiger partial charge in [-0.3, -0.25) is 0 Å². The molecule has 0 bridgehead atoms. The highest BCUT2D eigenvalue weighted by molar-refractivity contribution is 5.73. The smallest absolute Gasteiger partial charge is 0.315 e. The summed E-state index contributed by atoms with van der Waals surface area (Å²) in [6, 6.07) is 15.6. The molecule has 6 heteroatoms. The Morgan fingerprint density at radius 1 is 1.07 bits per heavy atom. The van der Waals surface area contributed by atoms with Crippen LogP contribution in [0.5, 0.6) is 11.5 Å². The first-order valence-electron chi connectivity index (χ1n) is 9.21. The highest BCUT2D eigenvalue weighted by atomic mass is 16.5. The van der Waals surface area contributed by atoms with E-state index < -0.39 is 0 Å². The first kappa shape index (κ1) is 20.4. The number of hydrogen-bond acceptors (Lipinski definition) is 4. The van der Waals surface area contributed by atoms with Crippen molar-refractivity contribution in [2.24, 2.45) is 0 Å². The Morgan fingerprint density at radius 2 is 1.85 bits per heavy atom. The maximum Gasteiger partial charge on any atom is 0.315 e. The summed E-state index contributed by atoms with van der Waals surface area (Å²) in [5.41, 5.74) is 2.07. The van der Waals surface area contributed by atoms with Crippen molar-refractivity contribution in [3.05, 3.63) is 54.1 Å². The fourth-order valence-electron chi connectivity index (χ4n) is 2.55. The highest BCUT2D eigenvalue weighted by Gasteiger charge is 2.07. The summed E-state index contributed by atoms with van der Waals surface area (Å²) in [4.78, 5) is 14.1. The first-order chi connectivity index (χ1) is 13.1. The number of para-hydroxylation sites is 1. The predicted molar refractivity (Wildman–Crippen MR) is 109 cm³/mol. The lowest BCUT2D eigenvalue weighted by atomic mass is 10.2. The Labute approximate surface area is 161 Å². The van der Waals surface area contributed by atoms with Crippen molar-refractivity contribution in [2.75, 3.05) is 38.8 Å². The van der Waals surface area contributed by atoms with Gasteiger partial charge in [0.1, 0.15) is 0 Å². The topological polar surface area (TPSA) is 62.8 Å². The molecule has 2 aromatic rings. The number of nitrogens with one attached hydrogen (secondary N) is 2. The summed E-state index contributed by atoms with van der Waals surface area (Å²) in [6.45, 7) is 4.42. The van der Waals surface area contributed by atoms with E-state index in [1.807, 2.05) is 55.6 Å². The second kappa shape index (κ2) is 11.0. The number of likely N-dealkylation sites (N-methyl/N-ethyl adjacent to an activating group) is 1. The number of hydrogen-bond donors (Lipinski definition) is 2. The molecule has 2 amide bonds. The quantitative estimate of drug-likeness (QED) is 0.672. The van der Waals surface area contributed by atoms with Gasteiger partial charge in [-0.2, -0.15) is 0 Å². The maximum atomic E-state index is 12.0. The fraction of sp³-hybridized carbons (Fsp3) is 0.381. The highest BCUT2D eigenvalue weighted by Crippen LogP contribution is 2.28. The second-order valence-electron chi connectivity index (χ2n) is 6.20. The van der Waals surface area contributed by atoms with E-state index in [1.54, 1.807) is 7.11 Å². The average molecular weight is 371 g/mol. The SMILES string of the molecule is CCCOc1ccc(CNC(=O)NCCN(C)c2ccccc2)cc1OC. The number of ether oxygens (including phenoxy) is 2. The normalized spacial score (nSPS) is 10.2. The molecular weight excluding hydrogens is 342 g/mol. The average Bonchev–Trinajstić information content (AvgIpc) is 2.71. The molecule has 2 N–H and O–H groups in total. The van der Waals surface area contributed by atoms with Crippen LogP contribution in [0.4, 0.5) is 10.5 Å². The van der Waals surface area contributed by atoms with Gasteiger partial charge in [0.15, 0.2) is 11.5 Å². The summed E-state index contributed by atoms with van der Waals surface area (Å²) in [5.74, 6) is 1.39. The molecule has 0 fully saturated rings. The van der Waals surface area contributed by atoms with E-state index >= 15 is 0 Å². The van der Waals surface area contributed by atoms with E-state index in [-0.39, 0.29) is 6.03 Å². The van der Waals surface area contributed by atoms with Gasteiger partial charge in [-0.25, -0.2) is 4.79 Å². The van der Waals surface area contributed by atoms with Crippen molar-refractivity contribution in [1.29, 1.82) is 0 Å². The number of amides is 2. The van der Waals surface area contributed by atoms with Gasteiger partial charge in [-0.15, -0.1) is 0 Å². The molecule has 0 saturated heterocycles. The van der Waals surface area contributed by atoms with Crippen molar-refractivity contribution in [1.82, 2.24) is 10.6 Å². The molecule has 0 unspecified atom stereocenters. The van der Waals surface area contributed by atoms with Gasteiger partial charge in [0.05, 0.1) is 13.7 Å². The monoisotopic (exact) mass is 371 g/mol. The summed E-state index contributed by atoms with van der Waals surface area (Å²) in [6.07, 6.45) is 0.937. The molecule has 0 aliphatic rings. The van der Waals surface area contributed by atoms with Crippen molar-refractivity contribution < 1.29 is 14.3 Å². The summed E-state index contributed by atoms with van der Waals surface area (Å²) in [5, 5.41) is 5.74. The van der Waals surface area contributed by atoms with Gasteiger partial charge in [0.2, 0.25) is 0 Å². The van der Waals surface area contributed by atoms with Crippen molar-refractivity contribution in [3.63, 3.8) is 0 Å². The van der Waals surface area contributed by atoms with Crippen LogP contribution in [-0.2, 0) is 6.54 Å². The van der Waals surface area contributed by atoms with Gasteiger partial charge in [-0.1, -0.05) is 31.2 Å². The molecule has 0 atom stereocenters. The molecule has 0 radical (unpaired) electrons. The van der Waals surface area contributed by atoms with Crippen LogP contribution in [0.25, 0.3) is 0 Å². The molecule has 6 nitrogen and oxygen atoms in total. The molecular formula is C21H29N3O3. The van der Waals surface area contributed by atoms with Crippen molar-refractivity contribution in [2.45, 2.75) is 19.9 Å². The van der Waals surface area contributed by atoms with Crippen LogP contribution in [-0.4, -0.2) is 39.9 Å². The van der Waals surface area contributed by atoms with Crippen molar-refractivity contribution >= 4 is 11.7 Å². The number of anilines is 1. The number of urea groups is 1. The molecule has 0 aromatic heterocycles.